The molecule has 132 valence electrons. The van der Waals surface area contributed by atoms with E-state index in [1.807, 2.05) is 54.6 Å². The largest absolute Gasteiger partial charge is 0.299 e. The molecule has 0 bridgehead atoms. The molecule has 0 spiro atoms. The summed E-state index contributed by atoms with van der Waals surface area (Å²) >= 11 is 0. The van der Waals surface area contributed by atoms with Crippen LogP contribution in [0.1, 0.15) is 23.6 Å². The average molecular weight is 342 g/mol. The molecule has 0 unspecified atom stereocenters. The van der Waals surface area contributed by atoms with E-state index in [2.05, 4.69) is 36.4 Å². The molecular weight excluding hydrogens is 315 g/mol. The predicted octanol–water partition coefficient (Wildman–Crippen LogP) is 4.11. The van der Waals surface area contributed by atoms with Crippen LogP contribution in [0.15, 0.2) is 91.0 Å². The summed E-state index contributed by atoms with van der Waals surface area (Å²) in [6, 6.07) is 31.1. The number of hydrogen-bond acceptors (Lipinski definition) is 1. The van der Waals surface area contributed by atoms with Crippen LogP contribution in [0, 0.1) is 5.41 Å². The molecule has 26 heavy (non-hydrogen) atoms. The summed E-state index contributed by atoms with van der Waals surface area (Å²) in [6.45, 7) is 1.74. The van der Waals surface area contributed by atoms with Crippen molar-refractivity contribution in [1.29, 1.82) is 0 Å². The fraction of sp³-hybridized carbons (Fsp3) is 0.208. The van der Waals surface area contributed by atoms with Crippen molar-refractivity contribution in [3.8, 4) is 0 Å². The molecule has 0 aliphatic rings. The first-order chi connectivity index (χ1) is 12.2. The smallest absolute Gasteiger partial charge is 0.136 e. The molecule has 0 aliphatic heterocycles. The van der Waals surface area contributed by atoms with Crippen LogP contribution in [0.3, 0.4) is 0 Å². The molecule has 0 saturated heterocycles. The molecule has 0 amide bonds. The lowest BCUT2D eigenvalue weighted by Crippen LogP contribution is -2.36. The fourth-order valence-electron chi connectivity index (χ4n) is 3.52. The zero-order valence-electron chi connectivity index (χ0n) is 14.7. The molecule has 3 aromatic carbocycles. The average Bonchev–Trinajstić information content (AvgIpc) is 2.64. The Morgan fingerprint density at radius 1 is 0.615 bits per heavy atom. The maximum absolute atomic E-state index is 12.9. The third-order valence-corrected chi connectivity index (χ3v) is 4.90. The third kappa shape index (κ3) is 4.95. The second-order valence-electron chi connectivity index (χ2n) is 6.82. The van der Waals surface area contributed by atoms with E-state index >= 15 is 0 Å². The van der Waals surface area contributed by atoms with Crippen LogP contribution in [0.5, 0.6) is 0 Å². The van der Waals surface area contributed by atoms with Crippen LogP contribution in [-0.2, 0) is 24.1 Å². The van der Waals surface area contributed by atoms with Gasteiger partial charge in [0.05, 0.1) is 8.41 Å². The summed E-state index contributed by atoms with van der Waals surface area (Å²) in [5.74, 6) is 0.254. The van der Waals surface area contributed by atoms with E-state index in [1.54, 1.807) is 6.92 Å². The first-order valence-electron chi connectivity index (χ1n) is 8.81. The van der Waals surface area contributed by atoms with Crippen LogP contribution >= 0.6 is 0 Å². The van der Waals surface area contributed by atoms with Crippen molar-refractivity contribution in [2.75, 3.05) is 0 Å². The molecule has 0 saturated carbocycles. The summed E-state index contributed by atoms with van der Waals surface area (Å²) in [6.07, 6.45) is 2.27. The lowest BCUT2D eigenvalue weighted by molar-refractivity contribution is -0.126. The Bertz CT molecular complexity index is 696. The van der Waals surface area contributed by atoms with E-state index < -0.39 is 5.41 Å². The van der Waals surface area contributed by atoms with Gasteiger partial charge in [-0.05, 0) is 42.9 Å². The summed E-state index contributed by atoms with van der Waals surface area (Å²) < 4.78 is 0. The number of carbonyl (C=O) groups is 1. The van der Waals surface area contributed by atoms with Crippen molar-refractivity contribution >= 4 is 14.2 Å². The quantitative estimate of drug-likeness (QED) is 0.591. The highest BCUT2D eigenvalue weighted by Gasteiger charge is 2.36. The van der Waals surface area contributed by atoms with Gasteiger partial charge in [-0.1, -0.05) is 91.0 Å². The van der Waals surface area contributed by atoms with Gasteiger partial charge in [0, 0.05) is 5.41 Å². The van der Waals surface area contributed by atoms with Gasteiger partial charge in [-0.3, -0.25) is 4.79 Å². The summed E-state index contributed by atoms with van der Waals surface area (Å²) in [5, 5.41) is 0. The molecule has 1 nitrogen and oxygen atoms in total. The first kappa shape index (κ1) is 19.7. The van der Waals surface area contributed by atoms with E-state index in [0.29, 0.717) is 0 Å². The van der Waals surface area contributed by atoms with E-state index in [4.69, 9.17) is 0 Å². The summed E-state index contributed by atoms with van der Waals surface area (Å²) in [7, 11) is 0. The number of ketones is 1. The van der Waals surface area contributed by atoms with Crippen LogP contribution in [0.2, 0.25) is 0 Å². The topological polar surface area (TPSA) is 17.1 Å². The second-order valence-corrected chi connectivity index (χ2v) is 6.82. The number of carbonyl (C=O) groups excluding carboxylic acids is 1. The van der Waals surface area contributed by atoms with E-state index in [9.17, 15) is 4.79 Å². The Balaban J connectivity index is 0.00000243. The van der Waals surface area contributed by atoms with E-state index in [-0.39, 0.29) is 14.2 Å². The van der Waals surface area contributed by atoms with Crippen LogP contribution in [0.25, 0.3) is 0 Å². The van der Waals surface area contributed by atoms with Crippen molar-refractivity contribution < 1.29 is 4.79 Å². The normalized spacial score (nSPS) is 10.8. The summed E-state index contributed by atoms with van der Waals surface area (Å²) in [5.41, 5.74) is 3.21. The second kappa shape index (κ2) is 9.19. The molecular formula is C24H27BO. The first-order valence-corrected chi connectivity index (χ1v) is 8.81. The molecule has 0 fully saturated rings. The van der Waals surface area contributed by atoms with Crippen molar-refractivity contribution in [3.63, 3.8) is 0 Å². The molecule has 0 atom stereocenters. The van der Waals surface area contributed by atoms with Gasteiger partial charge in [-0.15, -0.1) is 0 Å². The Kier molecular flexibility index (Phi) is 6.97. The fourth-order valence-corrected chi connectivity index (χ4v) is 3.52. The minimum Gasteiger partial charge on any atom is -0.299 e. The number of rotatable bonds is 7. The van der Waals surface area contributed by atoms with Crippen molar-refractivity contribution in [3.05, 3.63) is 108 Å². The maximum Gasteiger partial charge on any atom is 0.136 e. The Morgan fingerprint density at radius 3 is 1.12 bits per heavy atom. The molecule has 0 radical (unpaired) electrons. The molecule has 2 heteroatoms. The highest BCUT2D eigenvalue weighted by Crippen LogP contribution is 2.33. The van der Waals surface area contributed by atoms with Gasteiger partial charge in [0.15, 0.2) is 0 Å². The van der Waals surface area contributed by atoms with Gasteiger partial charge in [-0.25, -0.2) is 0 Å². The van der Waals surface area contributed by atoms with Crippen molar-refractivity contribution in [1.82, 2.24) is 0 Å². The van der Waals surface area contributed by atoms with Crippen LogP contribution in [0.4, 0.5) is 0 Å². The van der Waals surface area contributed by atoms with Gasteiger partial charge in [0.2, 0.25) is 0 Å². The molecule has 3 rings (SSSR count). The minimum absolute atomic E-state index is 0. The zero-order valence-corrected chi connectivity index (χ0v) is 14.7. The summed E-state index contributed by atoms with van der Waals surface area (Å²) in [4.78, 5) is 12.9. The van der Waals surface area contributed by atoms with Gasteiger partial charge >= 0.3 is 0 Å². The van der Waals surface area contributed by atoms with Gasteiger partial charge in [-0.2, -0.15) is 0 Å². The maximum atomic E-state index is 12.9. The highest BCUT2D eigenvalue weighted by atomic mass is 16.1. The molecule has 0 aliphatic carbocycles. The molecule has 0 N–H and O–H groups in total. The number of benzene rings is 3. The van der Waals surface area contributed by atoms with E-state index in [0.717, 1.165) is 19.3 Å². The van der Waals surface area contributed by atoms with Crippen molar-refractivity contribution in [2.24, 2.45) is 5.41 Å². The Labute approximate surface area is 158 Å². The van der Waals surface area contributed by atoms with Crippen LogP contribution in [-0.4, -0.2) is 14.2 Å². The van der Waals surface area contributed by atoms with Gasteiger partial charge in [0.1, 0.15) is 5.78 Å². The standard InChI is InChI=1S/C24H24O.BH3/c1-20(25)24(17-21-11-5-2-6-12-21,18-22-13-7-3-8-14-22)19-23-15-9-4-10-16-23;/h2-16H,17-19H2,1H3;1H3. The number of hydrogen-bond donors (Lipinski definition) is 0. The Hall–Kier alpha value is -2.61. The predicted molar refractivity (Wildman–Crippen MR) is 113 cm³/mol. The molecule has 3 aromatic rings. The molecule has 0 heterocycles. The SMILES string of the molecule is B.CC(=O)C(Cc1ccccc1)(Cc1ccccc1)Cc1ccccc1. The highest BCUT2D eigenvalue weighted by molar-refractivity contribution is 5.83. The third-order valence-electron chi connectivity index (χ3n) is 4.90. The molecule has 0 aromatic heterocycles. The van der Waals surface area contributed by atoms with Gasteiger partial charge < -0.3 is 0 Å². The minimum atomic E-state index is -0.427. The van der Waals surface area contributed by atoms with Gasteiger partial charge in [0.25, 0.3) is 0 Å². The zero-order chi connectivity index (χ0) is 17.5. The lowest BCUT2D eigenvalue weighted by Gasteiger charge is -2.32. The van der Waals surface area contributed by atoms with E-state index in [1.165, 1.54) is 16.7 Å². The monoisotopic (exact) mass is 342 g/mol. The Morgan fingerprint density at radius 2 is 0.885 bits per heavy atom. The van der Waals surface area contributed by atoms with Crippen molar-refractivity contribution in [2.45, 2.75) is 26.2 Å². The lowest BCUT2D eigenvalue weighted by atomic mass is 9.70. The van der Waals surface area contributed by atoms with Crippen LogP contribution < -0.4 is 0 Å². The number of Topliss-reactive ketones (excluding diaryl/α,β-unsaturated/α-hetero) is 1.